The molecule has 1 fully saturated rings. The van der Waals surface area contributed by atoms with E-state index >= 15 is 0 Å². The molecule has 0 N–H and O–H groups in total. The summed E-state index contributed by atoms with van der Waals surface area (Å²) in [5, 5.41) is 0. The normalized spacial score (nSPS) is 15.0. The van der Waals surface area contributed by atoms with Crippen LogP contribution >= 0.6 is 0 Å². The second-order valence-corrected chi connectivity index (χ2v) is 10.0. The topological polar surface area (TPSA) is 70.2 Å². The molecule has 1 aliphatic rings. The number of amides is 1. The Labute approximate surface area is 197 Å². The van der Waals surface area contributed by atoms with E-state index in [-0.39, 0.29) is 12.5 Å². The van der Waals surface area contributed by atoms with Crippen molar-refractivity contribution in [1.82, 2.24) is 9.80 Å². The molecule has 3 rings (SSSR count). The Morgan fingerprint density at radius 1 is 1.03 bits per heavy atom. The maximum Gasteiger partial charge on any atom is 0.232 e. The van der Waals surface area contributed by atoms with E-state index in [4.69, 9.17) is 4.74 Å². The molecule has 1 aliphatic heterocycles. The number of nitrogens with zero attached hydrogens (tertiary/aromatic N) is 3. The molecule has 1 heterocycles. The smallest absolute Gasteiger partial charge is 0.232 e. The van der Waals surface area contributed by atoms with Gasteiger partial charge in [0.05, 0.1) is 19.1 Å². The van der Waals surface area contributed by atoms with E-state index in [1.165, 1.54) is 16.1 Å². The zero-order chi connectivity index (χ0) is 23.7. The zero-order valence-corrected chi connectivity index (χ0v) is 20.2. The van der Waals surface area contributed by atoms with Crippen LogP contribution in [-0.4, -0.2) is 76.8 Å². The number of sulfonamides is 1. The molecule has 0 aliphatic carbocycles. The Morgan fingerprint density at radius 2 is 1.70 bits per heavy atom. The van der Waals surface area contributed by atoms with E-state index in [1.807, 2.05) is 23.1 Å². The van der Waals surface area contributed by atoms with Gasteiger partial charge in [0.2, 0.25) is 15.9 Å². The number of piperazine rings is 1. The van der Waals surface area contributed by atoms with Gasteiger partial charge < -0.3 is 9.64 Å². The summed E-state index contributed by atoms with van der Waals surface area (Å²) in [4.78, 5) is 16.9. The average molecular weight is 472 g/mol. The van der Waals surface area contributed by atoms with E-state index in [0.29, 0.717) is 37.4 Å². The maximum absolute atomic E-state index is 12.7. The number of methoxy groups -OCH3 is 1. The largest absolute Gasteiger partial charge is 0.497 e. The van der Waals surface area contributed by atoms with Gasteiger partial charge in [0.1, 0.15) is 5.75 Å². The van der Waals surface area contributed by atoms with Crippen molar-refractivity contribution in [2.45, 2.75) is 12.8 Å². The molecule has 2 aromatic carbocycles. The molecule has 0 saturated carbocycles. The van der Waals surface area contributed by atoms with E-state index in [0.717, 1.165) is 19.6 Å². The number of rotatable bonds is 10. The van der Waals surface area contributed by atoms with E-state index < -0.39 is 10.0 Å². The zero-order valence-electron chi connectivity index (χ0n) is 19.4. The van der Waals surface area contributed by atoms with Crippen molar-refractivity contribution in [3.63, 3.8) is 0 Å². The van der Waals surface area contributed by atoms with Crippen LogP contribution in [0.15, 0.2) is 60.7 Å². The number of benzene rings is 2. The van der Waals surface area contributed by atoms with Crippen molar-refractivity contribution in [2.24, 2.45) is 0 Å². The molecule has 0 radical (unpaired) electrons. The molecule has 8 heteroatoms. The first-order valence-corrected chi connectivity index (χ1v) is 13.0. The van der Waals surface area contributed by atoms with Crippen molar-refractivity contribution >= 4 is 27.7 Å². The molecule has 33 heavy (non-hydrogen) atoms. The van der Waals surface area contributed by atoms with Gasteiger partial charge in [-0.3, -0.25) is 14.0 Å². The van der Waals surface area contributed by atoms with Gasteiger partial charge in [-0.1, -0.05) is 42.5 Å². The average Bonchev–Trinajstić information content (AvgIpc) is 2.82. The minimum Gasteiger partial charge on any atom is -0.497 e. The molecule has 0 bridgehead atoms. The van der Waals surface area contributed by atoms with Gasteiger partial charge in [-0.2, -0.15) is 0 Å². The molecule has 0 aromatic heterocycles. The van der Waals surface area contributed by atoms with E-state index in [2.05, 4.69) is 29.2 Å². The molecule has 1 amide bonds. The van der Waals surface area contributed by atoms with Gasteiger partial charge >= 0.3 is 0 Å². The Balaban J connectivity index is 1.43. The minimum absolute atomic E-state index is 0.0812. The van der Waals surface area contributed by atoms with E-state index in [1.54, 1.807) is 31.4 Å². The molecule has 178 valence electrons. The molecule has 0 atom stereocenters. The molecular formula is C25H33N3O4S. The molecule has 1 saturated heterocycles. The lowest BCUT2D eigenvalue weighted by atomic mass is 10.2. The molecule has 0 spiro atoms. The number of hydrogen-bond donors (Lipinski definition) is 0. The summed E-state index contributed by atoms with van der Waals surface area (Å²) < 4.78 is 31.0. The van der Waals surface area contributed by atoms with Crippen molar-refractivity contribution in [3.05, 3.63) is 66.2 Å². The molecule has 2 aromatic rings. The predicted molar refractivity (Wildman–Crippen MR) is 133 cm³/mol. The Bertz CT molecular complexity index is 1020. The number of carbonyl (C=O) groups excluding carboxylic acids is 1. The first-order valence-electron chi connectivity index (χ1n) is 11.2. The summed E-state index contributed by atoms with van der Waals surface area (Å²) in [5.41, 5.74) is 1.76. The lowest BCUT2D eigenvalue weighted by Crippen LogP contribution is -2.48. The predicted octanol–water partition coefficient (Wildman–Crippen LogP) is 3.10. The summed E-state index contributed by atoms with van der Waals surface area (Å²) in [5.74, 6) is 0.745. The standard InChI is InChI=1S/C25H33N3O4S/c1-32-24-14-12-23(13-15-24)28(33(2,30)31)17-7-11-25(29)27-20-18-26(19-21-27)16-6-10-22-8-4-3-5-9-22/h3-6,8-10,12-15H,7,11,16-21H2,1-2H3/b10-6+. The molecule has 0 unspecified atom stereocenters. The van der Waals surface area contributed by atoms with Crippen molar-refractivity contribution in [2.75, 3.05) is 56.9 Å². The van der Waals surface area contributed by atoms with Crippen LogP contribution in [-0.2, 0) is 14.8 Å². The molecular weight excluding hydrogens is 438 g/mol. The third-order valence-corrected chi connectivity index (χ3v) is 6.91. The van der Waals surface area contributed by atoms with Gasteiger partial charge in [-0.25, -0.2) is 8.42 Å². The lowest BCUT2D eigenvalue weighted by molar-refractivity contribution is -0.132. The maximum atomic E-state index is 12.7. The number of hydrogen-bond acceptors (Lipinski definition) is 5. The van der Waals surface area contributed by atoms with Gasteiger partial charge in [0.25, 0.3) is 0 Å². The quantitative estimate of drug-likeness (QED) is 0.533. The highest BCUT2D eigenvalue weighted by Crippen LogP contribution is 2.22. The van der Waals surface area contributed by atoms with Crippen LogP contribution in [0.5, 0.6) is 5.75 Å². The Kier molecular flexibility index (Phi) is 8.91. The van der Waals surface area contributed by atoms with Crippen LogP contribution in [0.3, 0.4) is 0 Å². The Hall–Kier alpha value is -2.84. The van der Waals surface area contributed by atoms with Crippen LogP contribution in [0.2, 0.25) is 0 Å². The van der Waals surface area contributed by atoms with Gasteiger partial charge in [0, 0.05) is 45.7 Å². The minimum atomic E-state index is -3.44. The number of anilines is 1. The molecule has 7 nitrogen and oxygen atoms in total. The van der Waals surface area contributed by atoms with Crippen molar-refractivity contribution in [1.29, 1.82) is 0 Å². The van der Waals surface area contributed by atoms with Crippen LogP contribution in [0.4, 0.5) is 5.69 Å². The number of ether oxygens (including phenoxy) is 1. The summed E-state index contributed by atoms with van der Waals surface area (Å²) in [6, 6.07) is 17.1. The fourth-order valence-electron chi connectivity index (χ4n) is 3.85. The third kappa shape index (κ3) is 7.61. The highest BCUT2D eigenvalue weighted by Gasteiger charge is 2.22. The van der Waals surface area contributed by atoms with Crippen molar-refractivity contribution < 1.29 is 17.9 Å². The van der Waals surface area contributed by atoms with Crippen molar-refractivity contribution in [3.8, 4) is 5.75 Å². The monoisotopic (exact) mass is 471 g/mol. The summed E-state index contributed by atoms with van der Waals surface area (Å²) in [6.45, 7) is 4.21. The SMILES string of the molecule is COc1ccc(N(CCCC(=O)N2CCN(C/C=C/c3ccccc3)CC2)S(C)(=O)=O)cc1. The highest BCUT2D eigenvalue weighted by molar-refractivity contribution is 7.92. The first-order chi connectivity index (χ1) is 15.9. The second kappa shape index (κ2) is 11.9. The highest BCUT2D eigenvalue weighted by atomic mass is 32.2. The lowest BCUT2D eigenvalue weighted by Gasteiger charge is -2.34. The number of carbonyl (C=O) groups is 1. The Morgan fingerprint density at radius 3 is 2.30 bits per heavy atom. The fraction of sp³-hybridized carbons (Fsp3) is 0.400. The fourth-order valence-corrected chi connectivity index (χ4v) is 4.81. The van der Waals surface area contributed by atoms with Crippen LogP contribution in [0.25, 0.3) is 6.08 Å². The summed E-state index contributed by atoms with van der Waals surface area (Å²) in [6.07, 6.45) is 6.26. The van der Waals surface area contributed by atoms with Gasteiger partial charge in [-0.15, -0.1) is 0 Å². The van der Waals surface area contributed by atoms with E-state index in [9.17, 15) is 13.2 Å². The van der Waals surface area contributed by atoms with Crippen LogP contribution in [0, 0.1) is 0 Å². The second-order valence-electron chi connectivity index (χ2n) is 8.13. The third-order valence-electron chi connectivity index (χ3n) is 5.71. The van der Waals surface area contributed by atoms with Crippen LogP contribution < -0.4 is 9.04 Å². The van der Waals surface area contributed by atoms with Gasteiger partial charge in [-0.05, 0) is 36.2 Å². The first kappa shape index (κ1) is 24.8. The summed E-state index contributed by atoms with van der Waals surface area (Å²) in [7, 11) is -1.88. The summed E-state index contributed by atoms with van der Waals surface area (Å²) >= 11 is 0. The van der Waals surface area contributed by atoms with Gasteiger partial charge in [0.15, 0.2) is 0 Å². The van der Waals surface area contributed by atoms with Crippen LogP contribution in [0.1, 0.15) is 18.4 Å².